The fourth-order valence-electron chi connectivity index (χ4n) is 2.77. The first-order valence-corrected chi connectivity index (χ1v) is 7.38. The predicted molar refractivity (Wildman–Crippen MR) is 87.5 cm³/mol. The van der Waals surface area contributed by atoms with E-state index in [1.165, 1.54) is 27.6 Å². The Morgan fingerprint density at radius 1 is 1.14 bits per heavy atom. The van der Waals surface area contributed by atoms with Crippen molar-refractivity contribution in [3.8, 4) is 0 Å². The second-order valence-corrected chi connectivity index (χ2v) is 5.61. The maximum Gasteiger partial charge on any atom is 0.140 e. The molecule has 3 heteroatoms. The molecule has 0 aliphatic carbocycles. The summed E-state index contributed by atoms with van der Waals surface area (Å²) < 4.78 is 2.23. The molecule has 3 nitrogen and oxygen atoms in total. The number of benzene rings is 1. The zero-order chi connectivity index (χ0) is 14.8. The first-order chi connectivity index (χ1) is 10.2. The molecular formula is C18H21N3. The van der Waals surface area contributed by atoms with Crippen LogP contribution in [-0.2, 0) is 13.0 Å². The van der Waals surface area contributed by atoms with Crippen LogP contribution in [-0.4, -0.2) is 16.1 Å². The highest BCUT2D eigenvalue weighted by Gasteiger charge is 2.09. The van der Waals surface area contributed by atoms with Gasteiger partial charge in [-0.25, -0.2) is 4.98 Å². The molecule has 0 aliphatic rings. The van der Waals surface area contributed by atoms with Crippen LogP contribution in [0.5, 0.6) is 0 Å². The summed E-state index contributed by atoms with van der Waals surface area (Å²) in [7, 11) is 0. The van der Waals surface area contributed by atoms with Gasteiger partial charge in [0.25, 0.3) is 0 Å². The number of hydrogen-bond donors (Lipinski definition) is 1. The Kier molecular flexibility index (Phi) is 3.76. The Morgan fingerprint density at radius 3 is 2.76 bits per heavy atom. The fraction of sp³-hybridized carbons (Fsp3) is 0.278. The summed E-state index contributed by atoms with van der Waals surface area (Å²) in [5.74, 6) is 0. The number of nitrogens with zero attached hydrogens (tertiary/aromatic N) is 2. The van der Waals surface area contributed by atoms with Gasteiger partial charge in [-0.15, -0.1) is 0 Å². The van der Waals surface area contributed by atoms with Crippen molar-refractivity contribution in [1.29, 1.82) is 0 Å². The molecule has 3 aromatic rings. The minimum absolute atomic E-state index is 0.664. The van der Waals surface area contributed by atoms with Crippen LogP contribution in [0, 0.1) is 13.8 Å². The van der Waals surface area contributed by atoms with Crippen LogP contribution in [0.25, 0.3) is 11.0 Å². The van der Waals surface area contributed by atoms with Crippen LogP contribution >= 0.6 is 0 Å². The van der Waals surface area contributed by atoms with Crippen molar-refractivity contribution in [2.45, 2.75) is 26.8 Å². The molecule has 2 aromatic heterocycles. The van der Waals surface area contributed by atoms with Crippen molar-refractivity contribution in [3.05, 3.63) is 65.0 Å². The lowest BCUT2D eigenvalue weighted by Crippen LogP contribution is -2.02. The zero-order valence-electron chi connectivity index (χ0n) is 12.6. The van der Waals surface area contributed by atoms with Crippen molar-refractivity contribution in [2.24, 2.45) is 5.73 Å². The Morgan fingerprint density at radius 2 is 2.00 bits per heavy atom. The summed E-state index contributed by atoms with van der Waals surface area (Å²) in [5.41, 5.74) is 12.0. The molecule has 21 heavy (non-hydrogen) atoms. The van der Waals surface area contributed by atoms with Gasteiger partial charge in [-0.1, -0.05) is 18.2 Å². The van der Waals surface area contributed by atoms with Crippen LogP contribution in [0.15, 0.2) is 42.7 Å². The second kappa shape index (κ2) is 5.70. The summed E-state index contributed by atoms with van der Waals surface area (Å²) >= 11 is 0. The lowest BCUT2D eigenvalue weighted by atomic mass is 10.1. The van der Waals surface area contributed by atoms with Crippen LogP contribution in [0.2, 0.25) is 0 Å². The molecule has 0 fully saturated rings. The molecule has 0 bridgehead atoms. The third kappa shape index (κ3) is 2.69. The highest BCUT2D eigenvalue weighted by atomic mass is 15.0. The summed E-state index contributed by atoms with van der Waals surface area (Å²) in [6.45, 7) is 5.81. The van der Waals surface area contributed by atoms with E-state index in [0.717, 1.165) is 18.6 Å². The maximum absolute atomic E-state index is 5.72. The van der Waals surface area contributed by atoms with Gasteiger partial charge in [0.2, 0.25) is 0 Å². The van der Waals surface area contributed by atoms with Gasteiger partial charge in [-0.3, -0.25) is 0 Å². The van der Waals surface area contributed by atoms with Crippen molar-refractivity contribution in [3.63, 3.8) is 0 Å². The first kappa shape index (κ1) is 13.8. The highest BCUT2D eigenvalue weighted by molar-refractivity contribution is 5.80. The van der Waals surface area contributed by atoms with E-state index in [1.54, 1.807) is 0 Å². The number of aromatic nitrogens is 2. The van der Waals surface area contributed by atoms with Crippen molar-refractivity contribution >= 4 is 11.0 Å². The quantitative estimate of drug-likeness (QED) is 0.797. The molecule has 2 heterocycles. The number of fused-ring (bicyclic) bond motifs is 1. The van der Waals surface area contributed by atoms with Crippen LogP contribution in [0.4, 0.5) is 0 Å². The van der Waals surface area contributed by atoms with Crippen molar-refractivity contribution in [1.82, 2.24) is 9.55 Å². The van der Waals surface area contributed by atoms with E-state index < -0.39 is 0 Å². The standard InChI is InChI=1S/C18H21N3/c1-13-5-6-15(10-14(13)2)11-21-12-16(7-8-19)17-4-3-9-20-18(17)21/h3-6,9-10,12H,7-8,11,19H2,1-2H3. The van der Waals surface area contributed by atoms with E-state index in [0.29, 0.717) is 6.54 Å². The third-order valence-corrected chi connectivity index (χ3v) is 4.05. The molecule has 0 aliphatic heterocycles. The van der Waals surface area contributed by atoms with Crippen LogP contribution in [0.1, 0.15) is 22.3 Å². The molecule has 0 spiro atoms. The lowest BCUT2D eigenvalue weighted by Gasteiger charge is -2.07. The van der Waals surface area contributed by atoms with Gasteiger partial charge < -0.3 is 10.3 Å². The fourth-order valence-corrected chi connectivity index (χ4v) is 2.77. The Labute approximate surface area is 125 Å². The minimum Gasteiger partial charge on any atom is -0.330 e. The Balaban J connectivity index is 2.01. The van der Waals surface area contributed by atoms with Gasteiger partial charge in [0.05, 0.1) is 0 Å². The number of rotatable bonds is 4. The van der Waals surface area contributed by atoms with E-state index in [2.05, 4.69) is 53.9 Å². The topological polar surface area (TPSA) is 43.8 Å². The van der Waals surface area contributed by atoms with E-state index in [1.807, 2.05) is 12.3 Å². The van der Waals surface area contributed by atoms with E-state index in [-0.39, 0.29) is 0 Å². The summed E-state index contributed by atoms with van der Waals surface area (Å²) in [6.07, 6.45) is 4.94. The Bertz CT molecular complexity index is 771. The zero-order valence-corrected chi connectivity index (χ0v) is 12.6. The molecule has 1 aromatic carbocycles. The minimum atomic E-state index is 0.664. The molecule has 3 rings (SSSR count). The van der Waals surface area contributed by atoms with Crippen LogP contribution in [0.3, 0.4) is 0 Å². The van der Waals surface area contributed by atoms with Crippen molar-refractivity contribution in [2.75, 3.05) is 6.54 Å². The molecule has 2 N–H and O–H groups in total. The predicted octanol–water partition coefficient (Wildman–Crippen LogP) is 3.20. The molecule has 0 saturated carbocycles. The molecular weight excluding hydrogens is 258 g/mol. The van der Waals surface area contributed by atoms with Crippen LogP contribution < -0.4 is 5.73 Å². The van der Waals surface area contributed by atoms with Gasteiger partial charge in [0.15, 0.2) is 0 Å². The molecule has 0 unspecified atom stereocenters. The first-order valence-electron chi connectivity index (χ1n) is 7.38. The number of hydrogen-bond acceptors (Lipinski definition) is 2. The average molecular weight is 279 g/mol. The number of pyridine rings is 1. The third-order valence-electron chi connectivity index (χ3n) is 4.05. The Hall–Kier alpha value is -2.13. The van der Waals surface area contributed by atoms with E-state index in [4.69, 9.17) is 5.73 Å². The smallest absolute Gasteiger partial charge is 0.140 e. The second-order valence-electron chi connectivity index (χ2n) is 5.61. The largest absolute Gasteiger partial charge is 0.330 e. The molecule has 0 radical (unpaired) electrons. The number of nitrogens with two attached hydrogens (primary N) is 1. The molecule has 108 valence electrons. The van der Waals surface area contributed by atoms with Gasteiger partial charge in [-0.05, 0) is 61.2 Å². The highest BCUT2D eigenvalue weighted by Crippen LogP contribution is 2.21. The van der Waals surface area contributed by atoms with Gasteiger partial charge >= 0.3 is 0 Å². The number of aryl methyl sites for hydroxylation is 2. The van der Waals surface area contributed by atoms with Gasteiger partial charge in [-0.2, -0.15) is 0 Å². The molecule has 0 amide bonds. The van der Waals surface area contributed by atoms with Crippen molar-refractivity contribution < 1.29 is 0 Å². The van der Waals surface area contributed by atoms with Gasteiger partial charge in [0, 0.05) is 24.3 Å². The monoisotopic (exact) mass is 279 g/mol. The lowest BCUT2D eigenvalue weighted by molar-refractivity contribution is 0.816. The SMILES string of the molecule is Cc1ccc(Cn2cc(CCN)c3cccnc32)cc1C. The van der Waals surface area contributed by atoms with Gasteiger partial charge in [0.1, 0.15) is 5.65 Å². The van der Waals surface area contributed by atoms with E-state index in [9.17, 15) is 0 Å². The summed E-state index contributed by atoms with van der Waals surface area (Å²) in [5, 5.41) is 1.21. The normalized spacial score (nSPS) is 11.2. The molecule has 0 saturated heterocycles. The maximum atomic E-state index is 5.72. The summed E-state index contributed by atoms with van der Waals surface area (Å²) in [4.78, 5) is 4.54. The summed E-state index contributed by atoms with van der Waals surface area (Å²) in [6, 6.07) is 10.8. The molecule has 0 atom stereocenters. The van der Waals surface area contributed by atoms with E-state index >= 15 is 0 Å². The average Bonchev–Trinajstić information content (AvgIpc) is 2.82.